The molecule has 0 saturated carbocycles. The molecule has 0 saturated heterocycles. The summed E-state index contributed by atoms with van der Waals surface area (Å²) in [5, 5.41) is 19.6. The number of phenols is 1. The maximum absolute atomic E-state index is 12.0. The zero-order valence-corrected chi connectivity index (χ0v) is 13.4. The molecule has 0 unspecified atom stereocenters. The van der Waals surface area contributed by atoms with Gasteiger partial charge in [0.15, 0.2) is 5.75 Å². The number of aromatic nitrogens is 1. The Morgan fingerprint density at radius 1 is 1.26 bits per heavy atom. The number of pyridine rings is 1. The first-order valence-corrected chi connectivity index (χ1v) is 8.16. The SMILES string of the molecule is Cc1ncccc1NC(=O)Nc1ccc(Cl)c(S(N)(=O)=O)c1O. The quantitative estimate of drug-likeness (QED) is 0.624. The molecule has 0 spiro atoms. The molecule has 8 nitrogen and oxygen atoms in total. The van der Waals surface area contributed by atoms with E-state index in [1.54, 1.807) is 25.3 Å². The van der Waals surface area contributed by atoms with Crippen molar-refractivity contribution in [1.29, 1.82) is 0 Å². The monoisotopic (exact) mass is 356 g/mol. The van der Waals surface area contributed by atoms with E-state index in [-0.39, 0.29) is 10.7 Å². The van der Waals surface area contributed by atoms with E-state index in [1.165, 1.54) is 12.1 Å². The summed E-state index contributed by atoms with van der Waals surface area (Å²) in [5.41, 5.74) is 0.899. The Balaban J connectivity index is 2.27. The molecule has 2 amide bonds. The van der Waals surface area contributed by atoms with E-state index in [4.69, 9.17) is 16.7 Å². The van der Waals surface area contributed by atoms with E-state index in [0.29, 0.717) is 11.4 Å². The molecule has 5 N–H and O–H groups in total. The summed E-state index contributed by atoms with van der Waals surface area (Å²) in [7, 11) is -4.25. The smallest absolute Gasteiger partial charge is 0.323 e. The maximum Gasteiger partial charge on any atom is 0.323 e. The number of carbonyl (C=O) groups is 1. The number of phenolic OH excluding ortho intramolecular Hbond substituents is 1. The molecule has 2 rings (SSSR count). The van der Waals surface area contributed by atoms with Gasteiger partial charge in [0.05, 0.1) is 22.1 Å². The van der Waals surface area contributed by atoms with Gasteiger partial charge in [-0.15, -0.1) is 0 Å². The number of primary sulfonamides is 1. The molecule has 122 valence electrons. The van der Waals surface area contributed by atoms with Crippen molar-refractivity contribution in [1.82, 2.24) is 4.98 Å². The molecular formula is C13H13ClN4O4S. The van der Waals surface area contributed by atoms with Crippen LogP contribution in [0.2, 0.25) is 5.02 Å². The normalized spacial score (nSPS) is 11.1. The summed E-state index contributed by atoms with van der Waals surface area (Å²) in [4.78, 5) is 15.3. The number of benzene rings is 1. The predicted octanol–water partition coefficient (Wildman–Crippen LogP) is 2.04. The van der Waals surface area contributed by atoms with Gasteiger partial charge in [0.25, 0.3) is 0 Å². The Morgan fingerprint density at radius 2 is 1.91 bits per heavy atom. The van der Waals surface area contributed by atoms with Crippen molar-refractivity contribution in [2.24, 2.45) is 5.14 Å². The van der Waals surface area contributed by atoms with Crippen molar-refractivity contribution in [3.8, 4) is 5.75 Å². The third-order valence-corrected chi connectivity index (χ3v) is 4.28. The second kappa shape index (κ2) is 6.41. The second-order valence-electron chi connectivity index (χ2n) is 4.53. The molecule has 1 aromatic carbocycles. The Kier molecular flexibility index (Phi) is 4.73. The van der Waals surface area contributed by atoms with Crippen molar-refractivity contribution in [2.75, 3.05) is 10.6 Å². The number of nitrogens with one attached hydrogen (secondary N) is 2. The Bertz CT molecular complexity index is 870. The molecule has 0 aliphatic carbocycles. The molecule has 23 heavy (non-hydrogen) atoms. The lowest BCUT2D eigenvalue weighted by Crippen LogP contribution is -2.21. The molecule has 2 aromatic rings. The minimum Gasteiger partial charge on any atom is -0.504 e. The molecule has 0 bridgehead atoms. The van der Waals surface area contributed by atoms with Crippen LogP contribution in [0.4, 0.5) is 16.2 Å². The lowest BCUT2D eigenvalue weighted by molar-refractivity contribution is 0.262. The van der Waals surface area contributed by atoms with E-state index in [1.807, 2.05) is 0 Å². The number of halogens is 1. The van der Waals surface area contributed by atoms with E-state index in [0.717, 1.165) is 0 Å². The lowest BCUT2D eigenvalue weighted by Gasteiger charge is -2.12. The number of aromatic hydroxyl groups is 1. The van der Waals surface area contributed by atoms with Gasteiger partial charge in [0, 0.05) is 6.20 Å². The van der Waals surface area contributed by atoms with E-state index >= 15 is 0 Å². The second-order valence-corrected chi connectivity index (χ2v) is 6.44. The number of amides is 2. The summed E-state index contributed by atoms with van der Waals surface area (Å²) in [5.74, 6) is -0.738. The van der Waals surface area contributed by atoms with Gasteiger partial charge in [0.2, 0.25) is 10.0 Å². The first-order valence-electron chi connectivity index (χ1n) is 6.24. The average Bonchev–Trinajstić information content (AvgIpc) is 2.43. The number of rotatable bonds is 3. The molecule has 0 aliphatic heterocycles. The van der Waals surface area contributed by atoms with Gasteiger partial charge in [-0.25, -0.2) is 18.4 Å². The van der Waals surface area contributed by atoms with Crippen molar-refractivity contribution in [3.63, 3.8) is 0 Å². The highest BCUT2D eigenvalue weighted by molar-refractivity contribution is 7.89. The third kappa shape index (κ3) is 3.89. The average molecular weight is 357 g/mol. The highest BCUT2D eigenvalue weighted by Crippen LogP contribution is 2.36. The van der Waals surface area contributed by atoms with Gasteiger partial charge < -0.3 is 15.7 Å². The fourth-order valence-corrected chi connectivity index (χ4v) is 3.00. The van der Waals surface area contributed by atoms with Crippen LogP contribution in [-0.2, 0) is 10.0 Å². The van der Waals surface area contributed by atoms with Gasteiger partial charge in [-0.1, -0.05) is 11.6 Å². The van der Waals surface area contributed by atoms with Gasteiger partial charge in [-0.3, -0.25) is 4.98 Å². The van der Waals surface area contributed by atoms with Gasteiger partial charge in [-0.05, 0) is 31.2 Å². The molecule has 0 aliphatic rings. The van der Waals surface area contributed by atoms with Crippen LogP contribution in [0.15, 0.2) is 35.4 Å². The van der Waals surface area contributed by atoms with Crippen molar-refractivity contribution in [2.45, 2.75) is 11.8 Å². The molecule has 1 aromatic heterocycles. The van der Waals surface area contributed by atoms with Crippen LogP contribution in [0.1, 0.15) is 5.69 Å². The fourth-order valence-electron chi connectivity index (χ4n) is 1.81. The van der Waals surface area contributed by atoms with Crippen molar-refractivity contribution >= 4 is 39.0 Å². The number of nitrogens with two attached hydrogens (primary N) is 1. The number of urea groups is 1. The number of nitrogens with zero attached hydrogens (tertiary/aromatic N) is 1. The first kappa shape index (κ1) is 17.0. The van der Waals surface area contributed by atoms with E-state index in [2.05, 4.69) is 15.6 Å². The van der Waals surface area contributed by atoms with Crippen LogP contribution in [0.25, 0.3) is 0 Å². The van der Waals surface area contributed by atoms with Gasteiger partial charge in [0.1, 0.15) is 4.90 Å². The summed E-state index contributed by atoms with van der Waals surface area (Å²) >= 11 is 5.72. The van der Waals surface area contributed by atoms with Crippen LogP contribution < -0.4 is 15.8 Å². The van der Waals surface area contributed by atoms with Crippen LogP contribution in [0.3, 0.4) is 0 Å². The predicted molar refractivity (Wildman–Crippen MR) is 86.1 cm³/mol. The summed E-state index contributed by atoms with van der Waals surface area (Å²) in [6.45, 7) is 1.70. The van der Waals surface area contributed by atoms with Gasteiger partial charge >= 0.3 is 6.03 Å². The minimum absolute atomic E-state index is 0.155. The number of hydrogen-bond donors (Lipinski definition) is 4. The molecule has 0 atom stereocenters. The number of hydrogen-bond acceptors (Lipinski definition) is 5. The number of anilines is 2. The zero-order valence-electron chi connectivity index (χ0n) is 11.9. The lowest BCUT2D eigenvalue weighted by atomic mass is 10.3. The molecular weight excluding hydrogens is 344 g/mol. The molecule has 0 fully saturated rings. The van der Waals surface area contributed by atoms with E-state index < -0.39 is 26.7 Å². The fraction of sp³-hybridized carbons (Fsp3) is 0.0769. The number of aryl methyl sites for hydroxylation is 1. The topological polar surface area (TPSA) is 134 Å². The summed E-state index contributed by atoms with van der Waals surface area (Å²) in [6, 6.07) is 5.04. The van der Waals surface area contributed by atoms with Crippen LogP contribution in [-0.4, -0.2) is 24.5 Å². The van der Waals surface area contributed by atoms with Crippen LogP contribution >= 0.6 is 11.6 Å². The highest BCUT2D eigenvalue weighted by Gasteiger charge is 2.22. The zero-order chi connectivity index (χ0) is 17.2. The Morgan fingerprint density at radius 3 is 2.52 bits per heavy atom. The van der Waals surface area contributed by atoms with Gasteiger partial charge in [-0.2, -0.15) is 0 Å². The first-order chi connectivity index (χ1) is 10.7. The third-order valence-electron chi connectivity index (χ3n) is 2.87. The standard InChI is InChI=1S/C13H13ClN4O4S/c1-7-9(3-2-6-16-7)17-13(20)18-10-5-4-8(14)12(11(10)19)23(15,21)22/h2-6,19H,1H3,(H2,15,21,22)(H2,17,18,20). The molecule has 10 heteroatoms. The van der Waals surface area contributed by atoms with Crippen LogP contribution in [0.5, 0.6) is 5.75 Å². The molecule has 1 heterocycles. The Hall–Kier alpha value is -2.36. The Labute approximate surface area is 137 Å². The van der Waals surface area contributed by atoms with Crippen molar-refractivity contribution < 1.29 is 18.3 Å². The van der Waals surface area contributed by atoms with Crippen molar-refractivity contribution in [3.05, 3.63) is 41.2 Å². The largest absolute Gasteiger partial charge is 0.504 e. The highest BCUT2D eigenvalue weighted by atomic mass is 35.5. The summed E-state index contributed by atoms with van der Waals surface area (Å²) < 4.78 is 22.9. The minimum atomic E-state index is -4.25. The molecule has 0 radical (unpaired) electrons. The summed E-state index contributed by atoms with van der Waals surface area (Å²) in [6.07, 6.45) is 1.57. The maximum atomic E-state index is 12.0. The number of sulfonamides is 1. The van der Waals surface area contributed by atoms with E-state index in [9.17, 15) is 18.3 Å². The van der Waals surface area contributed by atoms with Crippen LogP contribution in [0, 0.1) is 6.92 Å². The number of carbonyl (C=O) groups excluding carboxylic acids is 1.